The van der Waals surface area contributed by atoms with Gasteiger partial charge in [-0.3, -0.25) is 0 Å². The molecule has 0 N–H and O–H groups in total. The highest BCUT2D eigenvalue weighted by molar-refractivity contribution is 7.09. The number of anilines is 1. The van der Waals surface area contributed by atoms with Gasteiger partial charge >= 0.3 is 0 Å². The molecule has 0 unspecified atom stereocenters. The SMILES string of the molecule is Cc1nc(CN(C)c2cccc(C#N)n2)cs1. The van der Waals surface area contributed by atoms with Gasteiger partial charge in [0.25, 0.3) is 0 Å². The zero-order chi connectivity index (χ0) is 12.3. The van der Waals surface area contributed by atoms with Crippen molar-refractivity contribution in [1.29, 1.82) is 5.26 Å². The molecular formula is C12H12N4S. The molecule has 0 amide bonds. The maximum atomic E-state index is 8.80. The second-order valence-electron chi connectivity index (χ2n) is 3.71. The summed E-state index contributed by atoms with van der Waals surface area (Å²) >= 11 is 1.64. The zero-order valence-electron chi connectivity index (χ0n) is 9.71. The number of aryl methyl sites for hydroxylation is 1. The van der Waals surface area contributed by atoms with Crippen LogP contribution in [0.25, 0.3) is 0 Å². The number of rotatable bonds is 3. The van der Waals surface area contributed by atoms with Crippen molar-refractivity contribution in [3.8, 4) is 6.07 Å². The Labute approximate surface area is 104 Å². The normalized spacial score (nSPS) is 9.94. The third-order valence-electron chi connectivity index (χ3n) is 2.31. The van der Waals surface area contributed by atoms with E-state index in [-0.39, 0.29) is 0 Å². The summed E-state index contributed by atoms with van der Waals surface area (Å²) in [6, 6.07) is 7.46. The summed E-state index contributed by atoms with van der Waals surface area (Å²) < 4.78 is 0. The van der Waals surface area contributed by atoms with Gasteiger partial charge < -0.3 is 4.90 Å². The molecular weight excluding hydrogens is 232 g/mol. The van der Waals surface area contributed by atoms with E-state index in [1.165, 1.54) is 0 Å². The molecule has 0 aliphatic heterocycles. The molecule has 0 saturated heterocycles. The molecule has 0 fully saturated rings. The second kappa shape index (κ2) is 4.93. The van der Waals surface area contributed by atoms with E-state index < -0.39 is 0 Å². The molecule has 17 heavy (non-hydrogen) atoms. The fourth-order valence-corrected chi connectivity index (χ4v) is 2.11. The third-order valence-corrected chi connectivity index (χ3v) is 3.13. The van der Waals surface area contributed by atoms with E-state index in [1.54, 1.807) is 17.4 Å². The Kier molecular flexibility index (Phi) is 3.35. The van der Waals surface area contributed by atoms with Crippen molar-refractivity contribution in [3.63, 3.8) is 0 Å². The molecule has 5 heteroatoms. The molecule has 0 aliphatic rings. The van der Waals surface area contributed by atoms with Crippen molar-refractivity contribution in [3.05, 3.63) is 40.0 Å². The number of nitrogens with zero attached hydrogens (tertiary/aromatic N) is 4. The van der Waals surface area contributed by atoms with E-state index in [2.05, 4.69) is 9.97 Å². The maximum Gasteiger partial charge on any atom is 0.142 e. The predicted molar refractivity (Wildman–Crippen MR) is 67.9 cm³/mol. The summed E-state index contributed by atoms with van der Waals surface area (Å²) in [6.45, 7) is 2.69. The minimum absolute atomic E-state index is 0.434. The van der Waals surface area contributed by atoms with Gasteiger partial charge in [0.05, 0.1) is 17.2 Å². The number of pyridine rings is 1. The summed E-state index contributed by atoms with van der Waals surface area (Å²) in [5.41, 5.74) is 1.46. The lowest BCUT2D eigenvalue weighted by atomic mass is 10.3. The van der Waals surface area contributed by atoms with Gasteiger partial charge in [0, 0.05) is 12.4 Å². The highest BCUT2D eigenvalue weighted by Gasteiger charge is 2.06. The van der Waals surface area contributed by atoms with Gasteiger partial charge in [0.1, 0.15) is 17.6 Å². The molecule has 0 saturated carbocycles. The first-order valence-corrected chi connectivity index (χ1v) is 6.06. The lowest BCUT2D eigenvalue weighted by Crippen LogP contribution is -2.18. The molecule has 2 aromatic heterocycles. The van der Waals surface area contributed by atoms with Crippen LogP contribution in [0.15, 0.2) is 23.6 Å². The van der Waals surface area contributed by atoms with Crippen LogP contribution in [0.4, 0.5) is 5.82 Å². The summed E-state index contributed by atoms with van der Waals surface area (Å²) in [6.07, 6.45) is 0. The Morgan fingerprint density at radius 2 is 2.24 bits per heavy atom. The number of aromatic nitrogens is 2. The van der Waals surface area contributed by atoms with Crippen LogP contribution in [0.5, 0.6) is 0 Å². The summed E-state index contributed by atoms with van der Waals surface area (Å²) in [4.78, 5) is 10.6. The monoisotopic (exact) mass is 244 g/mol. The Bertz CT molecular complexity index is 556. The first-order chi connectivity index (χ1) is 8.19. The van der Waals surface area contributed by atoms with E-state index >= 15 is 0 Å². The summed E-state index contributed by atoms with van der Waals surface area (Å²) in [5.74, 6) is 0.787. The van der Waals surface area contributed by atoms with Gasteiger partial charge in [-0.1, -0.05) is 6.07 Å². The smallest absolute Gasteiger partial charge is 0.142 e. The van der Waals surface area contributed by atoms with Crippen LogP contribution in [-0.2, 0) is 6.54 Å². The molecule has 0 bridgehead atoms. The van der Waals surface area contributed by atoms with E-state index in [4.69, 9.17) is 5.26 Å². The quantitative estimate of drug-likeness (QED) is 0.831. The van der Waals surface area contributed by atoms with Crippen LogP contribution in [0.2, 0.25) is 0 Å². The Balaban J connectivity index is 2.14. The first-order valence-electron chi connectivity index (χ1n) is 5.18. The third kappa shape index (κ3) is 2.80. The standard InChI is InChI=1S/C12H12N4S/c1-9-14-11(8-17-9)7-16(2)12-5-3-4-10(6-13)15-12/h3-5,8H,7H2,1-2H3. The van der Waals surface area contributed by atoms with Crippen LogP contribution in [0.3, 0.4) is 0 Å². The van der Waals surface area contributed by atoms with E-state index in [0.29, 0.717) is 12.2 Å². The highest BCUT2D eigenvalue weighted by Crippen LogP contribution is 2.14. The number of nitriles is 1. The largest absolute Gasteiger partial charge is 0.354 e. The van der Waals surface area contributed by atoms with Crippen molar-refractivity contribution in [1.82, 2.24) is 9.97 Å². The minimum atomic E-state index is 0.434. The van der Waals surface area contributed by atoms with E-state index in [1.807, 2.05) is 42.5 Å². The van der Waals surface area contributed by atoms with Crippen LogP contribution < -0.4 is 4.90 Å². The lowest BCUT2D eigenvalue weighted by molar-refractivity contribution is 0.869. The van der Waals surface area contributed by atoms with Gasteiger partial charge in [-0.05, 0) is 19.1 Å². The Hall–Kier alpha value is -1.93. The fourth-order valence-electron chi connectivity index (χ4n) is 1.50. The average Bonchev–Trinajstić information content (AvgIpc) is 2.75. The van der Waals surface area contributed by atoms with Gasteiger partial charge in [0.2, 0.25) is 0 Å². The Morgan fingerprint density at radius 1 is 1.41 bits per heavy atom. The zero-order valence-corrected chi connectivity index (χ0v) is 10.5. The van der Waals surface area contributed by atoms with E-state index in [0.717, 1.165) is 16.5 Å². The summed E-state index contributed by atoms with van der Waals surface area (Å²) in [7, 11) is 1.94. The second-order valence-corrected chi connectivity index (χ2v) is 4.77. The molecule has 0 radical (unpaired) electrons. The highest BCUT2D eigenvalue weighted by atomic mass is 32.1. The predicted octanol–water partition coefficient (Wildman–Crippen LogP) is 2.35. The molecule has 2 aromatic rings. The lowest BCUT2D eigenvalue weighted by Gasteiger charge is -2.16. The molecule has 0 aromatic carbocycles. The van der Waals surface area contributed by atoms with Crippen molar-refractivity contribution in [2.75, 3.05) is 11.9 Å². The van der Waals surface area contributed by atoms with Gasteiger partial charge in [0.15, 0.2) is 0 Å². The van der Waals surface area contributed by atoms with Gasteiger partial charge in [-0.15, -0.1) is 11.3 Å². The van der Waals surface area contributed by atoms with Crippen LogP contribution >= 0.6 is 11.3 Å². The number of thiazole rings is 1. The summed E-state index contributed by atoms with van der Waals surface area (Å²) in [5, 5.41) is 11.9. The maximum absolute atomic E-state index is 8.80. The van der Waals surface area contributed by atoms with Crippen LogP contribution in [-0.4, -0.2) is 17.0 Å². The van der Waals surface area contributed by atoms with E-state index in [9.17, 15) is 0 Å². The molecule has 86 valence electrons. The molecule has 4 nitrogen and oxygen atoms in total. The fraction of sp³-hybridized carbons (Fsp3) is 0.250. The first kappa shape index (κ1) is 11.6. The molecule has 0 atom stereocenters. The average molecular weight is 244 g/mol. The molecule has 2 heterocycles. The van der Waals surface area contributed by atoms with Gasteiger partial charge in [-0.25, -0.2) is 9.97 Å². The van der Waals surface area contributed by atoms with Crippen LogP contribution in [0.1, 0.15) is 16.4 Å². The Morgan fingerprint density at radius 3 is 2.88 bits per heavy atom. The van der Waals surface area contributed by atoms with Crippen molar-refractivity contribution in [2.45, 2.75) is 13.5 Å². The number of hydrogen-bond donors (Lipinski definition) is 0. The molecule has 0 spiro atoms. The van der Waals surface area contributed by atoms with Crippen molar-refractivity contribution < 1.29 is 0 Å². The number of hydrogen-bond acceptors (Lipinski definition) is 5. The van der Waals surface area contributed by atoms with Crippen LogP contribution in [0, 0.1) is 18.3 Å². The minimum Gasteiger partial charge on any atom is -0.354 e. The topological polar surface area (TPSA) is 52.8 Å². The molecule has 2 rings (SSSR count). The van der Waals surface area contributed by atoms with Crippen molar-refractivity contribution >= 4 is 17.2 Å². The van der Waals surface area contributed by atoms with Gasteiger partial charge in [-0.2, -0.15) is 5.26 Å². The molecule has 0 aliphatic carbocycles. The van der Waals surface area contributed by atoms with Crippen molar-refractivity contribution in [2.24, 2.45) is 0 Å².